The number of hydrogen-bond acceptors (Lipinski definition) is 3. The number of hydrogen-bond donors (Lipinski definition) is 1. The highest BCUT2D eigenvalue weighted by molar-refractivity contribution is 9.09. The summed E-state index contributed by atoms with van der Waals surface area (Å²) in [4.78, 5) is 11.9. The lowest BCUT2D eigenvalue weighted by atomic mass is 9.90. The molecule has 0 saturated carbocycles. The maximum atomic E-state index is 11.7. The highest BCUT2D eigenvalue weighted by atomic mass is 79.9. The third-order valence-electron chi connectivity index (χ3n) is 2.18. The van der Waals surface area contributed by atoms with Gasteiger partial charge in [-0.25, -0.2) is 0 Å². The molecule has 4 nitrogen and oxygen atoms in total. The van der Waals surface area contributed by atoms with E-state index in [0.717, 1.165) is 6.42 Å². The summed E-state index contributed by atoms with van der Waals surface area (Å²) >= 11 is 3.56. The van der Waals surface area contributed by atoms with E-state index in [1.807, 2.05) is 0 Å². The zero-order chi connectivity index (χ0) is 13.1. The Kier molecular flexibility index (Phi) is 4.74. The van der Waals surface area contributed by atoms with Gasteiger partial charge in [0.1, 0.15) is 5.76 Å². The van der Waals surface area contributed by atoms with Crippen molar-refractivity contribution in [3.05, 3.63) is 17.5 Å². The van der Waals surface area contributed by atoms with Crippen LogP contribution in [0.3, 0.4) is 0 Å². The van der Waals surface area contributed by atoms with Crippen LogP contribution in [0.1, 0.15) is 43.4 Å². The molecule has 0 spiro atoms. The van der Waals surface area contributed by atoms with E-state index >= 15 is 0 Å². The monoisotopic (exact) mass is 302 g/mol. The van der Waals surface area contributed by atoms with Gasteiger partial charge >= 0.3 is 0 Å². The molecule has 1 amide bonds. The van der Waals surface area contributed by atoms with Crippen molar-refractivity contribution in [2.75, 3.05) is 6.54 Å². The van der Waals surface area contributed by atoms with Crippen LogP contribution in [0.4, 0.5) is 0 Å². The molecule has 1 N–H and O–H groups in total. The van der Waals surface area contributed by atoms with Gasteiger partial charge in [-0.1, -0.05) is 41.9 Å². The Bertz CT molecular complexity index is 382. The van der Waals surface area contributed by atoms with Crippen LogP contribution in [-0.2, 0) is 0 Å². The Morgan fingerprint density at radius 1 is 1.59 bits per heavy atom. The molecule has 1 unspecified atom stereocenters. The predicted molar refractivity (Wildman–Crippen MR) is 70.4 cm³/mol. The molecule has 0 aliphatic heterocycles. The van der Waals surface area contributed by atoms with Crippen molar-refractivity contribution in [3.8, 4) is 0 Å². The molecule has 0 saturated heterocycles. The van der Waals surface area contributed by atoms with E-state index in [-0.39, 0.29) is 16.1 Å². The Labute approximate surface area is 110 Å². The van der Waals surface area contributed by atoms with Gasteiger partial charge in [0.15, 0.2) is 5.69 Å². The SMILES string of the molecule is Cc1cc(C(=O)NCC(Br)CC(C)(C)C)no1. The van der Waals surface area contributed by atoms with E-state index in [1.165, 1.54) is 0 Å². The van der Waals surface area contributed by atoms with E-state index in [9.17, 15) is 4.79 Å². The molecular weight excluding hydrogens is 284 g/mol. The van der Waals surface area contributed by atoms with E-state index in [2.05, 4.69) is 47.2 Å². The van der Waals surface area contributed by atoms with Gasteiger partial charge in [0.05, 0.1) is 0 Å². The number of nitrogens with one attached hydrogen (secondary N) is 1. The molecule has 17 heavy (non-hydrogen) atoms. The van der Waals surface area contributed by atoms with E-state index in [0.29, 0.717) is 18.0 Å². The fourth-order valence-corrected chi connectivity index (χ4v) is 2.64. The molecule has 1 heterocycles. The number of nitrogens with zero attached hydrogens (tertiary/aromatic N) is 1. The fourth-order valence-electron chi connectivity index (χ4n) is 1.50. The average molecular weight is 303 g/mol. The number of carbonyl (C=O) groups is 1. The van der Waals surface area contributed by atoms with Gasteiger partial charge in [0.2, 0.25) is 0 Å². The summed E-state index contributed by atoms with van der Waals surface area (Å²) < 4.78 is 4.85. The van der Waals surface area contributed by atoms with Crippen LogP contribution in [0.2, 0.25) is 0 Å². The van der Waals surface area contributed by atoms with Crippen LogP contribution in [0, 0.1) is 12.3 Å². The highest BCUT2D eigenvalue weighted by Gasteiger charge is 2.18. The summed E-state index contributed by atoms with van der Waals surface area (Å²) in [7, 11) is 0. The molecule has 1 aromatic rings. The quantitative estimate of drug-likeness (QED) is 0.870. The second kappa shape index (κ2) is 5.67. The minimum atomic E-state index is -0.194. The standard InChI is InChI=1S/C12H19BrN2O2/c1-8-5-10(15-17-8)11(16)14-7-9(13)6-12(2,3)4/h5,9H,6-7H2,1-4H3,(H,14,16). The smallest absolute Gasteiger partial charge is 0.273 e. The van der Waals surface area contributed by atoms with Gasteiger partial charge in [-0.2, -0.15) is 0 Å². The largest absolute Gasteiger partial charge is 0.361 e. The molecule has 1 rings (SSSR count). The van der Waals surface area contributed by atoms with Gasteiger partial charge in [-0.3, -0.25) is 4.79 Å². The summed E-state index contributed by atoms with van der Waals surface area (Å²) in [5.41, 5.74) is 0.571. The fraction of sp³-hybridized carbons (Fsp3) is 0.667. The Morgan fingerprint density at radius 2 is 2.24 bits per heavy atom. The topological polar surface area (TPSA) is 55.1 Å². The third-order valence-corrected chi connectivity index (χ3v) is 2.83. The second-order valence-electron chi connectivity index (χ2n) is 5.39. The molecule has 5 heteroatoms. The Morgan fingerprint density at radius 3 is 2.71 bits per heavy atom. The molecule has 0 aliphatic rings. The van der Waals surface area contributed by atoms with E-state index < -0.39 is 0 Å². The lowest BCUT2D eigenvalue weighted by Crippen LogP contribution is -2.31. The zero-order valence-corrected chi connectivity index (χ0v) is 12.3. The first kappa shape index (κ1) is 14.2. The van der Waals surface area contributed by atoms with Crippen molar-refractivity contribution >= 4 is 21.8 Å². The Hall–Kier alpha value is -0.840. The molecule has 0 fully saturated rings. The number of aryl methyl sites for hydroxylation is 1. The van der Waals surface area contributed by atoms with E-state index in [4.69, 9.17) is 4.52 Å². The molecule has 0 aliphatic carbocycles. The number of aromatic nitrogens is 1. The number of rotatable bonds is 4. The first-order valence-electron chi connectivity index (χ1n) is 5.63. The summed E-state index contributed by atoms with van der Waals surface area (Å²) in [6.07, 6.45) is 0.991. The lowest BCUT2D eigenvalue weighted by molar-refractivity contribution is 0.0943. The van der Waals surface area contributed by atoms with Crippen LogP contribution in [0.5, 0.6) is 0 Å². The minimum absolute atomic E-state index is 0.194. The highest BCUT2D eigenvalue weighted by Crippen LogP contribution is 2.24. The number of alkyl halides is 1. The molecular formula is C12H19BrN2O2. The summed E-state index contributed by atoms with van der Waals surface area (Å²) in [6.45, 7) is 8.86. The van der Waals surface area contributed by atoms with Crippen molar-refractivity contribution in [3.63, 3.8) is 0 Å². The molecule has 1 aromatic heterocycles. The molecule has 0 aromatic carbocycles. The summed E-state index contributed by atoms with van der Waals surface area (Å²) in [5.74, 6) is 0.445. The van der Waals surface area contributed by atoms with Crippen molar-refractivity contribution < 1.29 is 9.32 Å². The molecule has 0 radical (unpaired) electrons. The van der Waals surface area contributed by atoms with Crippen LogP contribution >= 0.6 is 15.9 Å². The normalized spacial score (nSPS) is 13.5. The van der Waals surface area contributed by atoms with Gasteiger partial charge in [-0.05, 0) is 18.8 Å². The minimum Gasteiger partial charge on any atom is -0.361 e. The molecule has 96 valence electrons. The van der Waals surface area contributed by atoms with Crippen molar-refractivity contribution in [2.45, 2.75) is 38.9 Å². The molecule has 0 bridgehead atoms. The zero-order valence-electron chi connectivity index (χ0n) is 10.7. The van der Waals surface area contributed by atoms with Gasteiger partial charge < -0.3 is 9.84 Å². The Balaban J connectivity index is 2.38. The van der Waals surface area contributed by atoms with Crippen LogP contribution in [0.15, 0.2) is 10.6 Å². The summed E-state index contributed by atoms with van der Waals surface area (Å²) in [6, 6.07) is 1.63. The number of halogens is 1. The molecule has 1 atom stereocenters. The predicted octanol–water partition coefficient (Wildman–Crippen LogP) is 2.91. The lowest BCUT2D eigenvalue weighted by Gasteiger charge is -2.22. The summed E-state index contributed by atoms with van der Waals surface area (Å²) in [5, 5.41) is 6.49. The maximum Gasteiger partial charge on any atom is 0.273 e. The van der Waals surface area contributed by atoms with E-state index in [1.54, 1.807) is 13.0 Å². The van der Waals surface area contributed by atoms with Crippen molar-refractivity contribution in [2.24, 2.45) is 5.41 Å². The van der Waals surface area contributed by atoms with Gasteiger partial charge in [0.25, 0.3) is 5.91 Å². The first-order chi connectivity index (χ1) is 7.78. The first-order valence-corrected chi connectivity index (χ1v) is 6.55. The number of carbonyl (C=O) groups excluding carboxylic acids is 1. The number of amides is 1. The average Bonchev–Trinajstić information content (AvgIpc) is 2.58. The van der Waals surface area contributed by atoms with Gasteiger partial charge in [0, 0.05) is 17.4 Å². The van der Waals surface area contributed by atoms with Crippen LogP contribution in [-0.4, -0.2) is 22.4 Å². The third kappa shape index (κ3) is 5.35. The second-order valence-corrected chi connectivity index (χ2v) is 6.69. The van der Waals surface area contributed by atoms with Crippen LogP contribution < -0.4 is 5.32 Å². The van der Waals surface area contributed by atoms with Crippen LogP contribution in [0.25, 0.3) is 0 Å². The van der Waals surface area contributed by atoms with Gasteiger partial charge in [-0.15, -0.1) is 0 Å². The maximum absolute atomic E-state index is 11.7. The van der Waals surface area contributed by atoms with Crippen molar-refractivity contribution in [1.29, 1.82) is 0 Å². The van der Waals surface area contributed by atoms with Crippen molar-refractivity contribution in [1.82, 2.24) is 10.5 Å².